The van der Waals surface area contributed by atoms with E-state index in [0.29, 0.717) is 79.1 Å². The molecule has 0 amide bonds. The molecule has 0 rings (SSSR count). The highest BCUT2D eigenvalue weighted by Gasteiger charge is 2.01. The van der Waals surface area contributed by atoms with Crippen molar-refractivity contribution in [1.29, 1.82) is 0 Å². The zero-order chi connectivity index (χ0) is 21.6. The molecule has 0 fully saturated rings. The molecule has 29 heavy (non-hydrogen) atoms. The topological polar surface area (TPSA) is 107 Å². The number of Topliss-reactive ketones (excluding diaryl/α,β-unsaturated/α-hetero) is 1. The number of ether oxygens (including phenoxy) is 6. The minimum atomic E-state index is -2.97. The number of ketones is 1. The van der Waals surface area contributed by atoms with Gasteiger partial charge < -0.3 is 33.2 Å². The number of carbonyl (C=O) groups is 1. The number of sulfone groups is 1. The van der Waals surface area contributed by atoms with Crippen molar-refractivity contribution in [3.05, 3.63) is 0 Å². The summed E-state index contributed by atoms with van der Waals surface area (Å²) in [6.45, 7) is 7.20. The van der Waals surface area contributed by atoms with Gasteiger partial charge in [-0.3, -0.25) is 0 Å². The summed E-state index contributed by atoms with van der Waals surface area (Å²) >= 11 is 0. The Balaban J connectivity index is 3.06. The summed E-state index contributed by atoms with van der Waals surface area (Å²) in [5.41, 5.74) is 0. The number of hydrogen-bond acceptors (Lipinski definition) is 9. The number of hydrogen-bond donors (Lipinski definition) is 0. The molecule has 174 valence electrons. The lowest BCUT2D eigenvalue weighted by atomic mass is 10.2. The van der Waals surface area contributed by atoms with Crippen LogP contribution in [0.1, 0.15) is 26.2 Å². The van der Waals surface area contributed by atoms with Gasteiger partial charge in [-0.1, -0.05) is 0 Å². The van der Waals surface area contributed by atoms with E-state index in [9.17, 15) is 13.2 Å². The summed E-state index contributed by atoms with van der Waals surface area (Å²) in [4.78, 5) is 10.8. The Labute approximate surface area is 175 Å². The Bertz CT molecular complexity index is 468. The third kappa shape index (κ3) is 27.4. The van der Waals surface area contributed by atoms with E-state index in [-0.39, 0.29) is 18.1 Å². The van der Waals surface area contributed by atoms with Gasteiger partial charge >= 0.3 is 0 Å². The molecule has 0 aliphatic carbocycles. The van der Waals surface area contributed by atoms with E-state index in [0.717, 1.165) is 12.8 Å². The van der Waals surface area contributed by atoms with Crippen LogP contribution in [0.3, 0.4) is 0 Å². The molecule has 0 bridgehead atoms. The summed E-state index contributed by atoms with van der Waals surface area (Å²) in [5.74, 6) is 0.246. The van der Waals surface area contributed by atoms with Crippen LogP contribution < -0.4 is 0 Å². The molecule has 9 nitrogen and oxygen atoms in total. The first-order valence-corrected chi connectivity index (χ1v) is 12.1. The van der Waals surface area contributed by atoms with Gasteiger partial charge in [0, 0.05) is 19.3 Å². The third-order valence-corrected chi connectivity index (χ3v) is 4.43. The molecular weight excluding hydrogens is 404 g/mol. The molecule has 0 N–H and O–H groups in total. The predicted octanol–water partition coefficient (Wildman–Crippen LogP) is 0.890. The fraction of sp³-hybridized carbons (Fsp3) is 0.947. The molecule has 0 unspecified atom stereocenters. The molecule has 0 radical (unpaired) electrons. The van der Waals surface area contributed by atoms with Crippen molar-refractivity contribution in [2.45, 2.75) is 26.2 Å². The van der Waals surface area contributed by atoms with Crippen LogP contribution in [-0.4, -0.2) is 105 Å². The van der Waals surface area contributed by atoms with Gasteiger partial charge in [0.05, 0.1) is 78.4 Å². The number of rotatable bonds is 23. The predicted molar refractivity (Wildman–Crippen MR) is 109 cm³/mol. The van der Waals surface area contributed by atoms with Gasteiger partial charge in [0.15, 0.2) is 0 Å². The number of unbranched alkanes of at least 4 members (excludes halogenated alkanes) is 1. The van der Waals surface area contributed by atoms with Gasteiger partial charge in [-0.2, -0.15) is 0 Å². The second kappa shape index (κ2) is 20.6. The van der Waals surface area contributed by atoms with Crippen LogP contribution in [0.25, 0.3) is 0 Å². The van der Waals surface area contributed by atoms with E-state index >= 15 is 0 Å². The van der Waals surface area contributed by atoms with Gasteiger partial charge in [-0.25, -0.2) is 8.42 Å². The molecule has 0 saturated carbocycles. The van der Waals surface area contributed by atoms with Crippen LogP contribution in [0.15, 0.2) is 0 Å². The molecule has 0 aliphatic rings. The first-order valence-electron chi connectivity index (χ1n) is 10.1. The van der Waals surface area contributed by atoms with E-state index < -0.39 is 9.84 Å². The molecule has 0 heterocycles. The fourth-order valence-corrected chi connectivity index (χ4v) is 2.41. The van der Waals surface area contributed by atoms with E-state index in [1.54, 1.807) is 6.92 Å². The fourth-order valence-electron chi connectivity index (χ4n) is 1.99. The van der Waals surface area contributed by atoms with Gasteiger partial charge in [-0.15, -0.1) is 0 Å². The van der Waals surface area contributed by atoms with E-state index in [2.05, 4.69) is 0 Å². The Hall–Kier alpha value is -0.620. The average Bonchev–Trinajstić information content (AvgIpc) is 2.64. The van der Waals surface area contributed by atoms with Crippen molar-refractivity contribution in [2.75, 3.05) is 91.3 Å². The zero-order valence-electron chi connectivity index (χ0n) is 17.9. The minimum Gasteiger partial charge on any atom is -0.379 e. The Morgan fingerprint density at radius 1 is 0.586 bits per heavy atom. The lowest BCUT2D eigenvalue weighted by Gasteiger charge is -2.08. The summed E-state index contributed by atoms with van der Waals surface area (Å²) in [7, 11) is -2.97. The molecule has 0 aromatic carbocycles. The third-order valence-electron chi connectivity index (χ3n) is 3.53. The van der Waals surface area contributed by atoms with Gasteiger partial charge in [-0.05, 0) is 19.8 Å². The van der Waals surface area contributed by atoms with Crippen molar-refractivity contribution in [2.24, 2.45) is 0 Å². The first-order chi connectivity index (χ1) is 13.9. The smallest absolute Gasteiger partial charge is 0.149 e. The monoisotopic (exact) mass is 442 g/mol. The van der Waals surface area contributed by atoms with Crippen molar-refractivity contribution in [1.82, 2.24) is 0 Å². The summed E-state index contributed by atoms with van der Waals surface area (Å²) in [6, 6.07) is 0. The first kappa shape index (κ1) is 28.4. The highest BCUT2D eigenvalue weighted by molar-refractivity contribution is 7.90. The van der Waals surface area contributed by atoms with Crippen molar-refractivity contribution < 1.29 is 41.6 Å². The standard InChI is InChI=1S/C19H38O9S/c1-19(20)5-3-4-6-23-7-8-24-9-10-25-11-12-26-13-14-27-15-16-28-17-18-29(2,21)22/h3-18H2,1-2H3. The van der Waals surface area contributed by atoms with Crippen molar-refractivity contribution in [3.8, 4) is 0 Å². The Morgan fingerprint density at radius 2 is 0.931 bits per heavy atom. The van der Waals surface area contributed by atoms with Gasteiger partial charge in [0.1, 0.15) is 15.6 Å². The molecule has 0 atom stereocenters. The molecule has 10 heteroatoms. The SMILES string of the molecule is CC(=O)CCCCOCCOCCOCCOCCOCCOCCS(C)(=O)=O. The van der Waals surface area contributed by atoms with E-state index in [4.69, 9.17) is 28.4 Å². The highest BCUT2D eigenvalue weighted by atomic mass is 32.2. The maximum Gasteiger partial charge on any atom is 0.149 e. The minimum absolute atomic E-state index is 0.0259. The molecular formula is C19H38O9S. The van der Waals surface area contributed by atoms with Crippen LogP contribution in [0.4, 0.5) is 0 Å². The van der Waals surface area contributed by atoms with Crippen LogP contribution in [0.2, 0.25) is 0 Å². The second-order valence-electron chi connectivity index (χ2n) is 6.46. The molecule has 0 saturated heterocycles. The lowest BCUT2D eigenvalue weighted by molar-refractivity contribution is -0.117. The summed E-state index contributed by atoms with van der Waals surface area (Å²) in [5, 5.41) is 0. The molecule has 0 aliphatic heterocycles. The van der Waals surface area contributed by atoms with E-state index in [1.807, 2.05) is 0 Å². The van der Waals surface area contributed by atoms with Crippen molar-refractivity contribution in [3.63, 3.8) is 0 Å². The van der Waals surface area contributed by atoms with Crippen LogP contribution >= 0.6 is 0 Å². The normalized spacial score (nSPS) is 11.8. The summed E-state index contributed by atoms with van der Waals surface area (Å²) < 4.78 is 53.8. The number of carbonyl (C=O) groups excluding carboxylic acids is 1. The van der Waals surface area contributed by atoms with E-state index in [1.165, 1.54) is 6.26 Å². The quantitative estimate of drug-likeness (QED) is 0.213. The zero-order valence-corrected chi connectivity index (χ0v) is 18.7. The summed E-state index contributed by atoms with van der Waals surface area (Å²) in [6.07, 6.45) is 3.57. The average molecular weight is 443 g/mol. The van der Waals surface area contributed by atoms with Crippen molar-refractivity contribution >= 4 is 15.6 Å². The molecule has 0 spiro atoms. The van der Waals surface area contributed by atoms with Crippen LogP contribution in [0, 0.1) is 0 Å². The Morgan fingerprint density at radius 3 is 1.28 bits per heavy atom. The van der Waals surface area contributed by atoms with Gasteiger partial charge in [0.25, 0.3) is 0 Å². The van der Waals surface area contributed by atoms with Crippen LogP contribution in [-0.2, 0) is 43.1 Å². The largest absolute Gasteiger partial charge is 0.379 e. The van der Waals surface area contributed by atoms with Gasteiger partial charge in [0.2, 0.25) is 0 Å². The maximum absolute atomic E-state index is 10.9. The molecule has 0 aromatic rings. The Kier molecular flexibility index (Phi) is 20.2. The second-order valence-corrected chi connectivity index (χ2v) is 8.72. The lowest BCUT2D eigenvalue weighted by Crippen LogP contribution is -2.15. The maximum atomic E-state index is 10.9. The molecule has 0 aromatic heterocycles. The van der Waals surface area contributed by atoms with Crippen LogP contribution in [0.5, 0.6) is 0 Å². The highest BCUT2D eigenvalue weighted by Crippen LogP contribution is 1.96.